The van der Waals surface area contributed by atoms with Crippen molar-refractivity contribution in [3.63, 3.8) is 0 Å². The first-order chi connectivity index (χ1) is 9.40. The molecule has 0 saturated carbocycles. The van der Waals surface area contributed by atoms with Gasteiger partial charge in [-0.15, -0.1) is 0 Å². The number of amides is 1. The lowest BCUT2D eigenvalue weighted by Gasteiger charge is -2.12. The number of hydrogen-bond acceptors (Lipinski definition) is 3. The third kappa shape index (κ3) is 5.14. The van der Waals surface area contributed by atoms with Crippen LogP contribution in [0.2, 0.25) is 0 Å². The molecule has 0 aliphatic heterocycles. The van der Waals surface area contributed by atoms with Gasteiger partial charge in [-0.1, -0.05) is 32.0 Å². The monoisotopic (exact) mass is 277 g/mol. The van der Waals surface area contributed by atoms with E-state index in [2.05, 4.69) is 5.32 Å². The number of nitrogens with one attached hydrogen (secondary N) is 1. The lowest BCUT2D eigenvalue weighted by molar-refractivity contribution is -0.134. The van der Waals surface area contributed by atoms with Crippen LogP contribution < -0.4 is 10.1 Å². The van der Waals surface area contributed by atoms with Gasteiger partial charge in [-0.05, 0) is 18.1 Å². The van der Waals surface area contributed by atoms with E-state index in [1.807, 2.05) is 19.9 Å². The maximum Gasteiger partial charge on any atom is 0.352 e. The van der Waals surface area contributed by atoms with Crippen LogP contribution in [0, 0.1) is 5.92 Å². The molecule has 20 heavy (non-hydrogen) atoms. The highest BCUT2D eigenvalue weighted by atomic mass is 16.5. The van der Waals surface area contributed by atoms with E-state index in [-0.39, 0.29) is 5.70 Å². The molecule has 0 atom stereocenters. The summed E-state index contributed by atoms with van der Waals surface area (Å²) in [5.74, 6) is -0.676. The summed E-state index contributed by atoms with van der Waals surface area (Å²) < 4.78 is 5.63. The fourth-order valence-electron chi connectivity index (χ4n) is 1.48. The number of benzene rings is 1. The number of aliphatic carboxylic acids is 1. The van der Waals surface area contributed by atoms with Crippen LogP contribution in [0.4, 0.5) is 0 Å². The van der Waals surface area contributed by atoms with Crippen LogP contribution in [-0.4, -0.2) is 23.6 Å². The number of hydrogen-bond donors (Lipinski definition) is 2. The molecular formula is C15H19NO4. The van der Waals surface area contributed by atoms with E-state index < -0.39 is 11.9 Å². The molecule has 0 bridgehead atoms. The van der Waals surface area contributed by atoms with E-state index >= 15 is 0 Å². The first kappa shape index (κ1) is 15.8. The summed E-state index contributed by atoms with van der Waals surface area (Å²) in [4.78, 5) is 22.1. The van der Waals surface area contributed by atoms with Gasteiger partial charge in [0.2, 0.25) is 5.91 Å². The van der Waals surface area contributed by atoms with Crippen LogP contribution in [-0.2, 0) is 9.59 Å². The minimum absolute atomic E-state index is 0.182. The molecule has 0 aliphatic rings. The summed E-state index contributed by atoms with van der Waals surface area (Å²) in [6.45, 7) is 5.85. The van der Waals surface area contributed by atoms with Gasteiger partial charge in [-0.25, -0.2) is 4.79 Å². The molecule has 5 heteroatoms. The topological polar surface area (TPSA) is 75.6 Å². The molecule has 0 spiro atoms. The zero-order chi connectivity index (χ0) is 15.1. The second-order valence-electron chi connectivity index (χ2n) is 4.79. The van der Waals surface area contributed by atoms with Crippen LogP contribution >= 0.6 is 0 Å². The van der Waals surface area contributed by atoms with Crippen LogP contribution in [0.15, 0.2) is 30.0 Å². The standard InChI is InChI=1S/C15H19NO4/c1-10(2)9-20-14-7-5-4-6-12(14)8-13(15(18)19)16-11(3)17/h4-8,10H,9H2,1-3H3,(H,16,17)(H,18,19)/b13-8-. The summed E-state index contributed by atoms with van der Waals surface area (Å²) in [5.41, 5.74) is 0.428. The zero-order valence-electron chi connectivity index (χ0n) is 11.8. The molecule has 1 rings (SSSR count). The Hall–Kier alpha value is -2.30. The largest absolute Gasteiger partial charge is 0.493 e. The molecule has 0 heterocycles. The molecular weight excluding hydrogens is 258 g/mol. The van der Waals surface area contributed by atoms with E-state index in [1.165, 1.54) is 13.0 Å². The average Bonchev–Trinajstić information content (AvgIpc) is 2.36. The highest BCUT2D eigenvalue weighted by molar-refractivity contribution is 5.96. The SMILES string of the molecule is CC(=O)N/C(=C\c1ccccc1OCC(C)C)C(=O)O. The third-order valence-electron chi connectivity index (χ3n) is 2.33. The quantitative estimate of drug-likeness (QED) is 0.782. The van der Waals surface area contributed by atoms with E-state index in [9.17, 15) is 9.59 Å². The Labute approximate surface area is 118 Å². The summed E-state index contributed by atoms with van der Waals surface area (Å²) in [6, 6.07) is 7.09. The number of carbonyl (C=O) groups is 2. The summed E-state index contributed by atoms with van der Waals surface area (Å²) in [7, 11) is 0. The average molecular weight is 277 g/mol. The molecule has 0 fully saturated rings. The van der Waals surface area contributed by atoms with Crippen molar-refractivity contribution in [3.05, 3.63) is 35.5 Å². The zero-order valence-corrected chi connectivity index (χ0v) is 11.8. The van der Waals surface area contributed by atoms with E-state index in [1.54, 1.807) is 18.2 Å². The van der Waals surface area contributed by atoms with Gasteiger partial charge in [0.15, 0.2) is 0 Å². The molecule has 2 N–H and O–H groups in total. The second kappa shape index (κ2) is 7.33. The number of rotatable bonds is 6. The maximum absolute atomic E-state index is 11.1. The molecule has 1 aromatic rings. The van der Waals surface area contributed by atoms with Gasteiger partial charge in [0.1, 0.15) is 11.4 Å². The van der Waals surface area contributed by atoms with Gasteiger partial charge in [0, 0.05) is 12.5 Å². The molecule has 0 aromatic heterocycles. The lowest BCUT2D eigenvalue weighted by atomic mass is 10.1. The van der Waals surface area contributed by atoms with Gasteiger partial charge in [-0.3, -0.25) is 4.79 Å². The fraction of sp³-hybridized carbons (Fsp3) is 0.333. The third-order valence-corrected chi connectivity index (χ3v) is 2.33. The Morgan fingerprint density at radius 1 is 1.35 bits per heavy atom. The minimum Gasteiger partial charge on any atom is -0.493 e. The molecule has 0 saturated heterocycles. The van der Waals surface area contributed by atoms with E-state index in [0.717, 1.165) is 0 Å². The number of carbonyl (C=O) groups excluding carboxylic acids is 1. The minimum atomic E-state index is -1.20. The number of ether oxygens (including phenoxy) is 1. The highest BCUT2D eigenvalue weighted by Gasteiger charge is 2.11. The Morgan fingerprint density at radius 3 is 2.55 bits per heavy atom. The van der Waals surface area contributed by atoms with Gasteiger partial charge in [0.05, 0.1) is 6.61 Å². The number of carboxylic acids is 1. The molecule has 1 aromatic carbocycles. The molecule has 5 nitrogen and oxygen atoms in total. The van der Waals surface area contributed by atoms with Gasteiger partial charge >= 0.3 is 5.97 Å². The van der Waals surface area contributed by atoms with Gasteiger partial charge in [-0.2, -0.15) is 0 Å². The summed E-state index contributed by atoms with van der Waals surface area (Å²) in [5, 5.41) is 11.4. The van der Waals surface area contributed by atoms with Crippen molar-refractivity contribution in [2.24, 2.45) is 5.92 Å². The highest BCUT2D eigenvalue weighted by Crippen LogP contribution is 2.21. The van der Waals surface area contributed by atoms with Gasteiger partial charge in [0.25, 0.3) is 0 Å². The first-order valence-electron chi connectivity index (χ1n) is 6.34. The first-order valence-corrected chi connectivity index (χ1v) is 6.34. The Balaban J connectivity index is 3.04. The normalized spacial score (nSPS) is 11.3. The fourth-order valence-corrected chi connectivity index (χ4v) is 1.48. The molecule has 0 radical (unpaired) electrons. The van der Waals surface area contributed by atoms with Crippen molar-refractivity contribution in [3.8, 4) is 5.75 Å². The van der Waals surface area contributed by atoms with Crippen LogP contribution in [0.5, 0.6) is 5.75 Å². The Morgan fingerprint density at radius 2 is 2.00 bits per heavy atom. The van der Waals surface area contributed by atoms with E-state index in [0.29, 0.717) is 23.8 Å². The number of carboxylic acid groups (broad SMARTS) is 1. The van der Waals surface area contributed by atoms with Crippen molar-refractivity contribution < 1.29 is 19.4 Å². The van der Waals surface area contributed by atoms with Crippen LogP contribution in [0.25, 0.3) is 6.08 Å². The van der Waals surface area contributed by atoms with Crippen molar-refractivity contribution in [2.45, 2.75) is 20.8 Å². The molecule has 1 amide bonds. The number of para-hydroxylation sites is 1. The second-order valence-corrected chi connectivity index (χ2v) is 4.79. The molecule has 108 valence electrons. The van der Waals surface area contributed by atoms with Crippen molar-refractivity contribution in [2.75, 3.05) is 6.61 Å². The predicted octanol–water partition coefficient (Wildman–Crippen LogP) is 2.28. The van der Waals surface area contributed by atoms with Gasteiger partial charge < -0.3 is 15.2 Å². The Bertz CT molecular complexity index is 520. The molecule has 0 unspecified atom stereocenters. The van der Waals surface area contributed by atoms with Crippen LogP contribution in [0.3, 0.4) is 0 Å². The Kier molecular flexibility index (Phi) is 5.77. The molecule has 0 aliphatic carbocycles. The van der Waals surface area contributed by atoms with Crippen LogP contribution in [0.1, 0.15) is 26.3 Å². The maximum atomic E-state index is 11.1. The summed E-state index contributed by atoms with van der Waals surface area (Å²) in [6.07, 6.45) is 1.39. The summed E-state index contributed by atoms with van der Waals surface area (Å²) >= 11 is 0. The van der Waals surface area contributed by atoms with E-state index in [4.69, 9.17) is 9.84 Å². The van der Waals surface area contributed by atoms with Crippen molar-refractivity contribution in [1.82, 2.24) is 5.32 Å². The smallest absolute Gasteiger partial charge is 0.352 e. The predicted molar refractivity (Wildman–Crippen MR) is 76.2 cm³/mol. The van der Waals surface area contributed by atoms with Crippen molar-refractivity contribution >= 4 is 18.0 Å². The van der Waals surface area contributed by atoms with Crippen molar-refractivity contribution in [1.29, 1.82) is 0 Å². The lowest BCUT2D eigenvalue weighted by Crippen LogP contribution is -2.24.